The first kappa shape index (κ1) is 18.2. The van der Waals surface area contributed by atoms with Gasteiger partial charge in [-0.15, -0.1) is 15.7 Å². The van der Waals surface area contributed by atoms with E-state index in [1.165, 1.54) is 10.4 Å². The van der Waals surface area contributed by atoms with Gasteiger partial charge in [0.05, 0.1) is 6.54 Å². The number of aryl methyl sites for hydroxylation is 1. The third kappa shape index (κ3) is 3.51. The van der Waals surface area contributed by atoms with Crippen molar-refractivity contribution in [2.75, 3.05) is 13.1 Å². The van der Waals surface area contributed by atoms with Crippen LogP contribution in [0.1, 0.15) is 28.8 Å². The number of rotatable bonds is 3. The van der Waals surface area contributed by atoms with Crippen molar-refractivity contribution in [3.63, 3.8) is 0 Å². The van der Waals surface area contributed by atoms with Crippen LogP contribution in [0, 0.1) is 12.8 Å². The maximum absolute atomic E-state index is 12.5. The lowest BCUT2D eigenvalue weighted by molar-refractivity contribution is -0.126. The summed E-state index contributed by atoms with van der Waals surface area (Å²) < 4.78 is 28.4. The Morgan fingerprint density at radius 1 is 1.26 bits per heavy atom. The van der Waals surface area contributed by atoms with Crippen LogP contribution in [0.3, 0.4) is 0 Å². The molecule has 8 heteroatoms. The minimum Gasteiger partial charge on any atom is -0.355 e. The molecule has 2 aliphatic heterocycles. The monoisotopic (exact) mass is 403 g/mol. The lowest BCUT2D eigenvalue weighted by Crippen LogP contribution is -2.42. The zero-order valence-corrected chi connectivity index (χ0v) is 16.6. The van der Waals surface area contributed by atoms with Crippen molar-refractivity contribution >= 4 is 33.1 Å². The molecule has 0 bridgehead atoms. The summed E-state index contributed by atoms with van der Waals surface area (Å²) in [5.41, 5.74) is 1.86. The number of thiophene rings is 1. The fourth-order valence-corrected chi connectivity index (χ4v) is 5.64. The molecule has 0 saturated carbocycles. The number of hydrogen-bond donors (Lipinski definition) is 1. The first-order chi connectivity index (χ1) is 13.0. The SMILES string of the molecule is Cc1ccsc1CNC(=O)C1CCN(C2=NS(=O)(=O)c3ccccc32)CC1. The summed E-state index contributed by atoms with van der Waals surface area (Å²) in [7, 11) is -3.60. The first-order valence-corrected chi connectivity index (χ1v) is 11.3. The topological polar surface area (TPSA) is 78.8 Å². The molecule has 0 atom stereocenters. The van der Waals surface area contributed by atoms with E-state index in [0.29, 0.717) is 43.9 Å². The van der Waals surface area contributed by atoms with Gasteiger partial charge < -0.3 is 10.2 Å². The average molecular weight is 404 g/mol. The number of sulfonamides is 1. The molecule has 4 rings (SSSR count). The van der Waals surface area contributed by atoms with Crippen LogP contribution in [0.15, 0.2) is 45.0 Å². The molecule has 1 N–H and O–H groups in total. The normalized spacial score (nSPS) is 18.9. The number of nitrogens with one attached hydrogen (secondary N) is 1. The van der Waals surface area contributed by atoms with Gasteiger partial charge in [0.25, 0.3) is 10.0 Å². The number of nitrogens with zero attached hydrogens (tertiary/aromatic N) is 2. The molecular formula is C19H21N3O3S2. The number of amidine groups is 1. The molecule has 0 aliphatic carbocycles. The number of amides is 1. The van der Waals surface area contributed by atoms with Crippen molar-refractivity contribution in [3.05, 3.63) is 51.7 Å². The van der Waals surface area contributed by atoms with E-state index in [1.54, 1.807) is 29.5 Å². The number of hydrogen-bond acceptors (Lipinski definition) is 5. The Balaban J connectivity index is 1.38. The van der Waals surface area contributed by atoms with Gasteiger partial charge in [-0.05, 0) is 48.9 Å². The minimum absolute atomic E-state index is 0.0460. The van der Waals surface area contributed by atoms with Crippen molar-refractivity contribution in [3.8, 4) is 0 Å². The second-order valence-electron chi connectivity index (χ2n) is 6.89. The summed E-state index contributed by atoms with van der Waals surface area (Å²) >= 11 is 1.65. The second kappa shape index (κ2) is 7.09. The Morgan fingerprint density at radius 2 is 2.00 bits per heavy atom. The number of piperidine rings is 1. The zero-order valence-electron chi connectivity index (χ0n) is 15.0. The molecule has 0 unspecified atom stereocenters. The van der Waals surface area contributed by atoms with Gasteiger partial charge in [0.1, 0.15) is 4.90 Å². The largest absolute Gasteiger partial charge is 0.355 e. The van der Waals surface area contributed by atoms with Crippen molar-refractivity contribution in [2.45, 2.75) is 31.2 Å². The zero-order chi connectivity index (χ0) is 19.0. The highest BCUT2D eigenvalue weighted by molar-refractivity contribution is 7.90. The van der Waals surface area contributed by atoms with Gasteiger partial charge in [-0.3, -0.25) is 4.79 Å². The molecular weight excluding hydrogens is 382 g/mol. The van der Waals surface area contributed by atoms with E-state index in [2.05, 4.69) is 15.8 Å². The minimum atomic E-state index is -3.60. The van der Waals surface area contributed by atoms with Gasteiger partial charge in [0.15, 0.2) is 5.84 Å². The molecule has 0 radical (unpaired) electrons. The Bertz CT molecular complexity index is 1000. The second-order valence-corrected chi connectivity index (χ2v) is 9.47. The smallest absolute Gasteiger partial charge is 0.285 e. The van der Waals surface area contributed by atoms with Crippen molar-refractivity contribution in [2.24, 2.45) is 10.3 Å². The highest BCUT2D eigenvalue weighted by atomic mass is 32.2. The van der Waals surface area contributed by atoms with Crippen LogP contribution in [-0.2, 0) is 21.4 Å². The highest BCUT2D eigenvalue weighted by Crippen LogP contribution is 2.29. The van der Waals surface area contributed by atoms with Crippen molar-refractivity contribution < 1.29 is 13.2 Å². The summed E-state index contributed by atoms with van der Waals surface area (Å²) in [5.74, 6) is 0.540. The van der Waals surface area contributed by atoms with Crippen LogP contribution < -0.4 is 5.32 Å². The predicted octanol–water partition coefficient (Wildman–Crippen LogP) is 2.53. The quantitative estimate of drug-likeness (QED) is 0.854. The molecule has 142 valence electrons. The molecule has 6 nitrogen and oxygen atoms in total. The van der Waals surface area contributed by atoms with E-state index < -0.39 is 10.0 Å². The van der Waals surface area contributed by atoms with Crippen molar-refractivity contribution in [1.29, 1.82) is 0 Å². The molecule has 3 heterocycles. The summed E-state index contributed by atoms with van der Waals surface area (Å²) in [6.07, 6.45) is 1.38. The first-order valence-electron chi connectivity index (χ1n) is 8.96. The molecule has 2 aromatic rings. The van der Waals surface area contributed by atoms with E-state index in [9.17, 15) is 13.2 Å². The van der Waals surface area contributed by atoms with Crippen LogP contribution in [0.5, 0.6) is 0 Å². The fourth-order valence-electron chi connectivity index (χ4n) is 3.57. The average Bonchev–Trinajstić information content (AvgIpc) is 3.21. The Morgan fingerprint density at radius 3 is 2.70 bits per heavy atom. The van der Waals surface area contributed by atoms with Gasteiger partial charge >= 0.3 is 0 Å². The Labute approximate surface area is 163 Å². The predicted molar refractivity (Wildman–Crippen MR) is 105 cm³/mol. The van der Waals surface area contributed by atoms with E-state index in [-0.39, 0.29) is 16.7 Å². The number of fused-ring (bicyclic) bond motifs is 1. The molecule has 1 aromatic heterocycles. The Hall–Kier alpha value is -2.19. The number of carbonyl (C=O) groups is 1. The molecule has 1 aromatic carbocycles. The summed E-state index contributed by atoms with van der Waals surface area (Å²) in [6.45, 7) is 3.86. The van der Waals surface area contributed by atoms with Gasteiger partial charge in [0.2, 0.25) is 5.91 Å². The van der Waals surface area contributed by atoms with E-state index in [0.717, 1.165) is 0 Å². The van der Waals surface area contributed by atoms with Gasteiger partial charge in [-0.1, -0.05) is 12.1 Å². The molecule has 27 heavy (non-hydrogen) atoms. The van der Waals surface area contributed by atoms with Crippen LogP contribution in [-0.4, -0.2) is 38.2 Å². The van der Waals surface area contributed by atoms with Gasteiger partial charge in [0, 0.05) is 29.4 Å². The molecule has 2 aliphatic rings. The third-order valence-electron chi connectivity index (χ3n) is 5.17. The van der Waals surface area contributed by atoms with E-state index in [4.69, 9.17) is 0 Å². The van der Waals surface area contributed by atoms with E-state index >= 15 is 0 Å². The summed E-state index contributed by atoms with van der Waals surface area (Å²) in [6, 6.07) is 8.97. The molecule has 1 saturated heterocycles. The van der Waals surface area contributed by atoms with Crippen LogP contribution in [0.4, 0.5) is 0 Å². The maximum atomic E-state index is 12.5. The van der Waals surface area contributed by atoms with Crippen LogP contribution in [0.2, 0.25) is 0 Å². The molecule has 1 fully saturated rings. The third-order valence-corrected chi connectivity index (χ3v) is 7.52. The lowest BCUT2D eigenvalue weighted by Gasteiger charge is -2.32. The van der Waals surface area contributed by atoms with E-state index in [1.807, 2.05) is 23.3 Å². The number of benzene rings is 1. The van der Waals surface area contributed by atoms with Crippen molar-refractivity contribution in [1.82, 2.24) is 10.2 Å². The standard InChI is InChI=1S/C19H21N3O3S2/c1-13-8-11-26-16(13)12-20-19(23)14-6-9-22(10-7-14)18-15-4-2-3-5-17(15)27(24,25)21-18/h2-5,8,11,14H,6-7,9-10,12H2,1H3,(H,20,23). The van der Waals surface area contributed by atoms with Gasteiger partial charge in [-0.25, -0.2) is 0 Å². The van der Waals surface area contributed by atoms with Crippen LogP contribution >= 0.6 is 11.3 Å². The lowest BCUT2D eigenvalue weighted by atomic mass is 9.95. The maximum Gasteiger partial charge on any atom is 0.285 e. The fraction of sp³-hybridized carbons (Fsp3) is 0.368. The molecule has 1 amide bonds. The Kier molecular flexibility index (Phi) is 4.77. The van der Waals surface area contributed by atoms with Crippen LogP contribution in [0.25, 0.3) is 0 Å². The highest BCUT2D eigenvalue weighted by Gasteiger charge is 2.34. The number of carbonyl (C=O) groups excluding carboxylic acids is 1. The summed E-state index contributed by atoms with van der Waals surface area (Å²) in [4.78, 5) is 15.9. The summed E-state index contributed by atoms with van der Waals surface area (Å²) in [5, 5.41) is 5.07. The van der Waals surface area contributed by atoms with Gasteiger partial charge in [-0.2, -0.15) is 8.42 Å². The number of likely N-dealkylation sites (tertiary alicyclic amines) is 1. The molecule has 0 spiro atoms.